The molecule has 1 aliphatic carbocycles. The van der Waals surface area contributed by atoms with E-state index in [1.54, 1.807) is 0 Å². The van der Waals surface area contributed by atoms with Crippen molar-refractivity contribution in [3.8, 4) is 0 Å². The van der Waals surface area contributed by atoms with E-state index in [0.717, 1.165) is 18.5 Å². The Morgan fingerprint density at radius 2 is 2.27 bits per heavy atom. The molecule has 1 rings (SSSR count). The molecule has 0 radical (unpaired) electrons. The van der Waals surface area contributed by atoms with Crippen LogP contribution in [0.4, 0.5) is 0 Å². The van der Waals surface area contributed by atoms with Gasteiger partial charge in [-0.25, -0.2) is 0 Å². The number of allylic oxidation sites excluding steroid dienone is 4. The first-order valence-corrected chi connectivity index (χ1v) is 4.02. The Bertz CT molecular complexity index is 228. The van der Waals surface area contributed by atoms with Crippen LogP contribution >= 0.6 is 12.2 Å². The highest BCUT2D eigenvalue weighted by Gasteiger charge is 2.02. The molecule has 0 aromatic heterocycles. The molecule has 3 N–H and O–H groups in total. The normalized spacial score (nSPS) is 16.8. The first kappa shape index (κ1) is 8.27. The molecule has 0 saturated heterocycles. The second kappa shape index (κ2) is 3.53. The molecule has 60 valence electrons. The van der Waals surface area contributed by atoms with Crippen LogP contribution in [-0.4, -0.2) is 5.11 Å². The Morgan fingerprint density at radius 3 is 2.73 bits per heavy atom. The van der Waals surface area contributed by atoms with Crippen LogP contribution in [0.5, 0.6) is 0 Å². The number of hydrogen-bond donors (Lipinski definition) is 2. The SMILES string of the molecule is CC1=CC=C(NC(N)=S)CC1. The highest BCUT2D eigenvalue weighted by molar-refractivity contribution is 7.80. The molecular weight excluding hydrogens is 156 g/mol. The minimum Gasteiger partial charge on any atom is -0.376 e. The molecule has 0 heterocycles. The summed E-state index contributed by atoms with van der Waals surface area (Å²) in [5.74, 6) is 0. The van der Waals surface area contributed by atoms with Crippen LogP contribution in [0, 0.1) is 0 Å². The van der Waals surface area contributed by atoms with Crippen molar-refractivity contribution >= 4 is 17.3 Å². The number of thiocarbonyl (C=S) groups is 1. The Hall–Kier alpha value is -0.830. The second-order valence-electron chi connectivity index (χ2n) is 2.69. The summed E-state index contributed by atoms with van der Waals surface area (Å²) in [5, 5.41) is 3.28. The fourth-order valence-corrected chi connectivity index (χ4v) is 1.13. The Labute approximate surface area is 72.2 Å². The van der Waals surface area contributed by atoms with Crippen LogP contribution in [0.1, 0.15) is 19.8 Å². The predicted molar refractivity (Wildman–Crippen MR) is 51.0 cm³/mol. The molecule has 0 fully saturated rings. The molecule has 1 aliphatic rings. The first-order chi connectivity index (χ1) is 5.18. The largest absolute Gasteiger partial charge is 0.376 e. The van der Waals surface area contributed by atoms with E-state index in [1.807, 2.05) is 6.08 Å². The molecule has 3 heteroatoms. The lowest BCUT2D eigenvalue weighted by molar-refractivity contribution is 0.855. The molecule has 11 heavy (non-hydrogen) atoms. The van der Waals surface area contributed by atoms with Gasteiger partial charge in [-0.1, -0.05) is 11.6 Å². The maximum Gasteiger partial charge on any atom is 0.167 e. The maximum atomic E-state index is 5.32. The van der Waals surface area contributed by atoms with Crippen molar-refractivity contribution in [2.24, 2.45) is 5.73 Å². The lowest BCUT2D eigenvalue weighted by atomic mass is 10.0. The van der Waals surface area contributed by atoms with E-state index >= 15 is 0 Å². The Balaban J connectivity index is 2.54. The van der Waals surface area contributed by atoms with Gasteiger partial charge in [-0.3, -0.25) is 0 Å². The van der Waals surface area contributed by atoms with Gasteiger partial charge in [0, 0.05) is 5.70 Å². The van der Waals surface area contributed by atoms with Gasteiger partial charge in [-0.15, -0.1) is 0 Å². The third-order valence-electron chi connectivity index (χ3n) is 1.64. The summed E-state index contributed by atoms with van der Waals surface area (Å²) in [6.45, 7) is 2.12. The number of hydrogen-bond acceptors (Lipinski definition) is 1. The van der Waals surface area contributed by atoms with Crippen molar-refractivity contribution in [2.45, 2.75) is 19.8 Å². The predicted octanol–water partition coefficient (Wildman–Crippen LogP) is 1.44. The summed E-state index contributed by atoms with van der Waals surface area (Å²) in [7, 11) is 0. The highest BCUT2D eigenvalue weighted by Crippen LogP contribution is 2.14. The summed E-state index contributed by atoms with van der Waals surface area (Å²) in [5.41, 5.74) is 7.83. The van der Waals surface area contributed by atoms with Gasteiger partial charge in [0.1, 0.15) is 0 Å². The van der Waals surface area contributed by atoms with Gasteiger partial charge < -0.3 is 11.1 Å². The van der Waals surface area contributed by atoms with E-state index in [0.29, 0.717) is 5.11 Å². The molecule has 0 spiro atoms. The molecular formula is C8H12N2S. The summed E-state index contributed by atoms with van der Waals surface area (Å²) >= 11 is 4.71. The van der Waals surface area contributed by atoms with Crippen LogP contribution < -0.4 is 11.1 Å². The smallest absolute Gasteiger partial charge is 0.167 e. The Kier molecular flexibility index (Phi) is 2.65. The van der Waals surface area contributed by atoms with Gasteiger partial charge in [-0.05, 0) is 38.1 Å². The summed E-state index contributed by atoms with van der Waals surface area (Å²) < 4.78 is 0. The van der Waals surface area contributed by atoms with Gasteiger partial charge in [0.15, 0.2) is 5.11 Å². The minimum atomic E-state index is 0.351. The van der Waals surface area contributed by atoms with E-state index < -0.39 is 0 Å². The number of nitrogens with one attached hydrogen (secondary N) is 1. The lowest BCUT2D eigenvalue weighted by Crippen LogP contribution is -2.28. The molecule has 0 atom stereocenters. The average molecular weight is 168 g/mol. The lowest BCUT2D eigenvalue weighted by Gasteiger charge is -2.12. The molecule has 0 unspecified atom stereocenters. The monoisotopic (exact) mass is 168 g/mol. The zero-order valence-corrected chi connectivity index (χ0v) is 7.37. The standard InChI is InChI=1S/C8H12N2S/c1-6-2-4-7(5-3-6)10-8(9)11/h2,4H,3,5H2,1H3,(H3,9,10,11). The molecule has 2 nitrogen and oxygen atoms in total. The van der Waals surface area contributed by atoms with Crippen molar-refractivity contribution < 1.29 is 0 Å². The number of rotatable bonds is 1. The van der Waals surface area contributed by atoms with Crippen molar-refractivity contribution in [3.63, 3.8) is 0 Å². The zero-order valence-electron chi connectivity index (χ0n) is 6.55. The molecule has 0 saturated carbocycles. The van der Waals surface area contributed by atoms with Crippen molar-refractivity contribution in [1.82, 2.24) is 5.32 Å². The molecule has 0 aliphatic heterocycles. The molecule has 0 aromatic rings. The van der Waals surface area contributed by atoms with E-state index in [4.69, 9.17) is 18.0 Å². The molecule has 0 aromatic carbocycles. The average Bonchev–Trinajstić information content (AvgIpc) is 1.93. The van der Waals surface area contributed by atoms with Gasteiger partial charge >= 0.3 is 0 Å². The van der Waals surface area contributed by atoms with Crippen LogP contribution in [0.15, 0.2) is 23.4 Å². The summed E-state index contributed by atoms with van der Waals surface area (Å²) in [6, 6.07) is 0. The van der Waals surface area contributed by atoms with Crippen LogP contribution in [0.25, 0.3) is 0 Å². The third kappa shape index (κ3) is 2.72. The van der Waals surface area contributed by atoms with Crippen LogP contribution in [0.3, 0.4) is 0 Å². The van der Waals surface area contributed by atoms with Gasteiger partial charge in [0.25, 0.3) is 0 Å². The summed E-state index contributed by atoms with van der Waals surface area (Å²) in [4.78, 5) is 0. The molecule has 0 bridgehead atoms. The van der Waals surface area contributed by atoms with E-state index in [2.05, 4.69) is 18.3 Å². The topological polar surface area (TPSA) is 38.0 Å². The van der Waals surface area contributed by atoms with E-state index in [-0.39, 0.29) is 0 Å². The van der Waals surface area contributed by atoms with Crippen molar-refractivity contribution in [1.29, 1.82) is 0 Å². The minimum absolute atomic E-state index is 0.351. The summed E-state index contributed by atoms with van der Waals surface area (Å²) in [6.07, 6.45) is 6.23. The second-order valence-corrected chi connectivity index (χ2v) is 3.13. The van der Waals surface area contributed by atoms with Crippen LogP contribution in [-0.2, 0) is 0 Å². The quantitative estimate of drug-likeness (QED) is 0.582. The number of nitrogens with two attached hydrogens (primary N) is 1. The zero-order chi connectivity index (χ0) is 8.27. The van der Waals surface area contributed by atoms with E-state index in [9.17, 15) is 0 Å². The van der Waals surface area contributed by atoms with Crippen molar-refractivity contribution in [2.75, 3.05) is 0 Å². The highest BCUT2D eigenvalue weighted by atomic mass is 32.1. The van der Waals surface area contributed by atoms with Gasteiger partial charge in [-0.2, -0.15) is 0 Å². The van der Waals surface area contributed by atoms with Gasteiger partial charge in [0.05, 0.1) is 0 Å². The van der Waals surface area contributed by atoms with E-state index in [1.165, 1.54) is 5.57 Å². The molecule has 0 amide bonds. The van der Waals surface area contributed by atoms with Crippen molar-refractivity contribution in [3.05, 3.63) is 23.4 Å². The third-order valence-corrected chi connectivity index (χ3v) is 1.74. The fraction of sp³-hybridized carbons (Fsp3) is 0.375. The first-order valence-electron chi connectivity index (χ1n) is 3.61. The Morgan fingerprint density at radius 1 is 1.55 bits per heavy atom. The fourth-order valence-electron chi connectivity index (χ4n) is 1.00. The van der Waals surface area contributed by atoms with Gasteiger partial charge in [0.2, 0.25) is 0 Å². The maximum absolute atomic E-state index is 5.32. The van der Waals surface area contributed by atoms with Crippen LogP contribution in [0.2, 0.25) is 0 Å².